The van der Waals surface area contributed by atoms with E-state index in [-0.39, 0.29) is 6.61 Å². The monoisotopic (exact) mass is 280 g/mol. The molecule has 1 aliphatic rings. The lowest BCUT2D eigenvalue weighted by molar-refractivity contribution is -0.199. The number of hydrogen-bond donors (Lipinski definition) is 0. The first kappa shape index (κ1) is 18.0. The predicted octanol–water partition coefficient (Wildman–Crippen LogP) is 4.79. The fourth-order valence-electron chi connectivity index (χ4n) is 1.65. The van der Waals surface area contributed by atoms with Crippen LogP contribution in [0.25, 0.3) is 0 Å². The molecule has 0 aromatic heterocycles. The van der Waals surface area contributed by atoms with E-state index in [2.05, 4.69) is 4.74 Å². The smallest absolute Gasteiger partial charge is 0.459 e. The van der Waals surface area contributed by atoms with Gasteiger partial charge in [-0.2, -0.15) is 13.2 Å². The van der Waals surface area contributed by atoms with E-state index in [0.29, 0.717) is 6.42 Å². The second-order valence-electron chi connectivity index (χ2n) is 4.42. The lowest BCUT2D eigenvalue weighted by atomic mass is 10.0. The maximum absolute atomic E-state index is 11.5. The van der Waals surface area contributed by atoms with Gasteiger partial charge in [0.05, 0.1) is 6.61 Å². The van der Waals surface area contributed by atoms with Crippen molar-refractivity contribution in [2.45, 2.75) is 64.5 Å². The Morgan fingerprint density at radius 3 is 1.89 bits per heavy atom. The van der Waals surface area contributed by atoms with Crippen molar-refractivity contribution in [1.29, 1.82) is 0 Å². The Kier molecular flexibility index (Phi) is 10.3. The van der Waals surface area contributed by atoms with Crippen molar-refractivity contribution in [2.75, 3.05) is 6.61 Å². The van der Waals surface area contributed by atoms with Crippen molar-refractivity contribution in [3.8, 4) is 0 Å². The zero-order valence-corrected chi connectivity index (χ0v) is 11.5. The van der Waals surface area contributed by atoms with E-state index in [0.717, 1.165) is 6.42 Å². The number of carbonyl (C=O) groups excluding carboxylic acids is 1. The van der Waals surface area contributed by atoms with Crippen LogP contribution in [0, 0.1) is 0 Å². The van der Waals surface area contributed by atoms with Gasteiger partial charge in [0.25, 0.3) is 0 Å². The molecule has 0 radical (unpaired) electrons. The summed E-state index contributed by atoms with van der Waals surface area (Å²) in [5, 5.41) is 0. The number of hydrogen-bond acceptors (Lipinski definition) is 2. The SMILES string of the molecule is C1CCCCC1.CCC=CCCOC(=O)C(F)(F)F. The molecule has 0 heterocycles. The minimum absolute atomic E-state index is 0.227. The maximum Gasteiger partial charge on any atom is 0.490 e. The van der Waals surface area contributed by atoms with Crippen molar-refractivity contribution in [3.63, 3.8) is 0 Å². The van der Waals surface area contributed by atoms with E-state index >= 15 is 0 Å². The molecule has 0 N–H and O–H groups in total. The van der Waals surface area contributed by atoms with Gasteiger partial charge in [-0.3, -0.25) is 0 Å². The van der Waals surface area contributed by atoms with Crippen molar-refractivity contribution < 1.29 is 22.7 Å². The number of allylic oxidation sites excluding steroid dienone is 1. The number of rotatable bonds is 4. The molecule has 0 spiro atoms. The second kappa shape index (κ2) is 10.9. The molecule has 2 nitrogen and oxygen atoms in total. The Bertz CT molecular complexity index is 244. The largest absolute Gasteiger partial charge is 0.490 e. The van der Waals surface area contributed by atoms with Crippen LogP contribution < -0.4 is 0 Å². The molecule has 112 valence electrons. The van der Waals surface area contributed by atoms with Crippen LogP contribution >= 0.6 is 0 Å². The summed E-state index contributed by atoms with van der Waals surface area (Å²) in [6, 6.07) is 0. The molecule has 19 heavy (non-hydrogen) atoms. The minimum Gasteiger partial charge on any atom is -0.459 e. The number of alkyl halides is 3. The van der Waals surface area contributed by atoms with Crippen LogP contribution in [0.15, 0.2) is 12.2 Å². The van der Waals surface area contributed by atoms with Crippen LogP contribution in [0.5, 0.6) is 0 Å². The molecule has 0 saturated heterocycles. The zero-order valence-electron chi connectivity index (χ0n) is 11.5. The average molecular weight is 280 g/mol. The van der Waals surface area contributed by atoms with Crippen LogP contribution in [0.1, 0.15) is 58.3 Å². The molecule has 0 aromatic carbocycles. The highest BCUT2D eigenvalue weighted by atomic mass is 19.4. The van der Waals surface area contributed by atoms with Gasteiger partial charge in [0, 0.05) is 0 Å². The second-order valence-corrected chi connectivity index (χ2v) is 4.42. The third kappa shape index (κ3) is 11.8. The van der Waals surface area contributed by atoms with Gasteiger partial charge < -0.3 is 4.74 Å². The van der Waals surface area contributed by atoms with Gasteiger partial charge in [0.2, 0.25) is 0 Å². The van der Waals surface area contributed by atoms with Crippen molar-refractivity contribution in [1.82, 2.24) is 0 Å². The summed E-state index contributed by atoms with van der Waals surface area (Å²) in [6.45, 7) is 1.67. The van der Waals surface area contributed by atoms with E-state index in [1.807, 2.05) is 6.92 Å². The minimum atomic E-state index is -4.88. The number of esters is 1. The lowest BCUT2D eigenvalue weighted by Crippen LogP contribution is -2.25. The molecule has 0 amide bonds. The van der Waals surface area contributed by atoms with Crippen LogP contribution in [0.4, 0.5) is 13.2 Å². The quantitative estimate of drug-likeness (QED) is 0.420. The fraction of sp³-hybridized carbons (Fsp3) is 0.786. The molecule has 0 atom stereocenters. The van der Waals surface area contributed by atoms with Crippen LogP contribution in [0.3, 0.4) is 0 Å². The molecule has 5 heteroatoms. The summed E-state index contributed by atoms with van der Waals surface area (Å²) in [4.78, 5) is 10.1. The molecule has 0 aliphatic heterocycles. The zero-order chi connectivity index (χ0) is 14.6. The molecular formula is C14H23F3O2. The Balaban J connectivity index is 0.000000443. The van der Waals surface area contributed by atoms with Gasteiger partial charge in [-0.05, 0) is 12.8 Å². The third-order valence-electron chi connectivity index (χ3n) is 2.65. The number of carbonyl (C=O) groups is 1. The summed E-state index contributed by atoms with van der Waals surface area (Å²) in [7, 11) is 0. The van der Waals surface area contributed by atoms with Crippen LogP contribution in [-0.2, 0) is 9.53 Å². The third-order valence-corrected chi connectivity index (χ3v) is 2.65. The number of halogens is 3. The van der Waals surface area contributed by atoms with E-state index in [1.165, 1.54) is 38.5 Å². The Hall–Kier alpha value is -1.00. The first-order chi connectivity index (χ1) is 8.98. The molecule has 1 fully saturated rings. The van der Waals surface area contributed by atoms with Gasteiger partial charge in [-0.15, -0.1) is 0 Å². The fourth-order valence-corrected chi connectivity index (χ4v) is 1.65. The summed E-state index contributed by atoms with van der Waals surface area (Å²) >= 11 is 0. The normalized spacial score (nSPS) is 15.8. The Morgan fingerprint density at radius 1 is 1.05 bits per heavy atom. The van der Waals surface area contributed by atoms with Gasteiger partial charge in [0.1, 0.15) is 0 Å². The Morgan fingerprint density at radius 2 is 1.53 bits per heavy atom. The van der Waals surface area contributed by atoms with Gasteiger partial charge in [-0.25, -0.2) is 4.79 Å². The van der Waals surface area contributed by atoms with Gasteiger partial charge >= 0.3 is 12.1 Å². The summed E-state index contributed by atoms with van der Waals surface area (Å²) in [6.07, 6.45) is 8.71. The van der Waals surface area contributed by atoms with Crippen molar-refractivity contribution in [3.05, 3.63) is 12.2 Å². The topological polar surface area (TPSA) is 26.3 Å². The lowest BCUT2D eigenvalue weighted by Gasteiger charge is -2.05. The molecule has 1 rings (SSSR count). The first-order valence-corrected chi connectivity index (χ1v) is 6.87. The average Bonchev–Trinajstić information content (AvgIpc) is 2.40. The summed E-state index contributed by atoms with van der Waals surface area (Å²) in [5.74, 6) is -2.13. The first-order valence-electron chi connectivity index (χ1n) is 6.87. The highest BCUT2D eigenvalue weighted by molar-refractivity contribution is 5.75. The van der Waals surface area contributed by atoms with E-state index in [9.17, 15) is 18.0 Å². The van der Waals surface area contributed by atoms with Gasteiger partial charge in [0.15, 0.2) is 0 Å². The molecule has 1 aliphatic carbocycles. The maximum atomic E-state index is 11.5. The molecular weight excluding hydrogens is 257 g/mol. The summed E-state index contributed by atoms with van der Waals surface area (Å²) in [5.41, 5.74) is 0. The van der Waals surface area contributed by atoms with Crippen molar-refractivity contribution >= 4 is 5.97 Å². The van der Waals surface area contributed by atoms with Gasteiger partial charge in [-0.1, -0.05) is 57.6 Å². The molecule has 1 saturated carbocycles. The predicted molar refractivity (Wildman–Crippen MR) is 68.8 cm³/mol. The van der Waals surface area contributed by atoms with Crippen LogP contribution in [-0.4, -0.2) is 18.8 Å². The molecule has 0 unspecified atom stereocenters. The number of ether oxygens (including phenoxy) is 1. The standard InChI is InChI=1S/C8H11F3O2.C6H12/c1-2-3-4-5-6-13-7(12)8(9,10)11;1-2-4-6-5-3-1/h3-4H,2,5-6H2,1H3;1-6H2. The summed E-state index contributed by atoms with van der Waals surface area (Å²) < 4.78 is 38.5. The highest BCUT2D eigenvalue weighted by Gasteiger charge is 2.40. The van der Waals surface area contributed by atoms with E-state index in [4.69, 9.17) is 0 Å². The van der Waals surface area contributed by atoms with E-state index < -0.39 is 12.1 Å². The van der Waals surface area contributed by atoms with E-state index in [1.54, 1.807) is 12.2 Å². The highest BCUT2D eigenvalue weighted by Crippen LogP contribution is 2.16. The molecule has 0 bridgehead atoms. The Labute approximate surface area is 113 Å². The van der Waals surface area contributed by atoms with Crippen molar-refractivity contribution in [2.24, 2.45) is 0 Å². The molecule has 0 aromatic rings. The van der Waals surface area contributed by atoms with Crippen LogP contribution in [0.2, 0.25) is 0 Å².